The maximum Gasteiger partial charge on any atom is 0.230 e. The number of sulfone groups is 1. The van der Waals surface area contributed by atoms with Crippen molar-refractivity contribution < 1.29 is 13.2 Å². The monoisotopic (exact) mass is 299 g/mol. The number of nitrogens with one attached hydrogen (secondary N) is 1. The minimum absolute atomic E-state index is 0.0434. The third-order valence-corrected chi connectivity index (χ3v) is 6.25. The first-order valence-corrected chi connectivity index (χ1v) is 9.05. The molecule has 1 heterocycles. The molecule has 104 valence electrons. The van der Waals surface area contributed by atoms with E-state index in [1.165, 1.54) is 11.8 Å². The van der Waals surface area contributed by atoms with Crippen LogP contribution in [-0.2, 0) is 21.2 Å². The summed E-state index contributed by atoms with van der Waals surface area (Å²) in [6.45, 7) is 0.517. The number of hydrogen-bond acceptors (Lipinski definition) is 4. The fourth-order valence-electron chi connectivity index (χ4n) is 1.93. The number of carbonyl (C=O) groups excluding carboxylic acids is 1. The second kappa shape index (κ2) is 6.43. The lowest BCUT2D eigenvalue weighted by molar-refractivity contribution is -0.118. The molecule has 1 unspecified atom stereocenters. The van der Waals surface area contributed by atoms with Gasteiger partial charge in [-0.25, -0.2) is 8.42 Å². The van der Waals surface area contributed by atoms with Crippen LogP contribution in [0.15, 0.2) is 30.3 Å². The zero-order chi connectivity index (χ0) is 13.7. The van der Waals surface area contributed by atoms with E-state index in [2.05, 4.69) is 5.32 Å². The number of hydrogen-bond donors (Lipinski definition) is 1. The molecule has 1 fully saturated rings. The molecule has 1 aromatic rings. The summed E-state index contributed by atoms with van der Waals surface area (Å²) in [6.07, 6.45) is 0.666. The van der Waals surface area contributed by atoms with Crippen molar-refractivity contribution >= 4 is 27.5 Å². The first-order valence-electron chi connectivity index (χ1n) is 6.18. The van der Waals surface area contributed by atoms with Gasteiger partial charge in [-0.1, -0.05) is 30.3 Å². The standard InChI is InChI=1S/C13H17NO3S2/c15-13(14-8-11-4-2-1-3-5-11)9-18-12-6-7-19(16,17)10-12/h1-5,12H,6-10H2,(H,14,15). The van der Waals surface area contributed by atoms with Gasteiger partial charge in [0.25, 0.3) is 0 Å². The fourth-order valence-corrected chi connectivity index (χ4v) is 5.41. The van der Waals surface area contributed by atoms with Crippen molar-refractivity contribution in [1.29, 1.82) is 0 Å². The molecule has 0 saturated carbocycles. The molecule has 0 aromatic heterocycles. The number of thioether (sulfide) groups is 1. The van der Waals surface area contributed by atoms with E-state index in [-0.39, 0.29) is 22.7 Å². The summed E-state index contributed by atoms with van der Waals surface area (Å²) < 4.78 is 22.6. The average molecular weight is 299 g/mol. The molecule has 1 saturated heterocycles. The molecule has 0 spiro atoms. The summed E-state index contributed by atoms with van der Waals surface area (Å²) in [5, 5.41) is 2.91. The van der Waals surface area contributed by atoms with Crippen molar-refractivity contribution in [2.45, 2.75) is 18.2 Å². The Morgan fingerprint density at radius 2 is 2.05 bits per heavy atom. The highest BCUT2D eigenvalue weighted by atomic mass is 32.2. The smallest absolute Gasteiger partial charge is 0.230 e. The van der Waals surface area contributed by atoms with Crippen molar-refractivity contribution in [3.05, 3.63) is 35.9 Å². The van der Waals surface area contributed by atoms with Crippen LogP contribution < -0.4 is 5.32 Å². The Morgan fingerprint density at radius 1 is 1.32 bits per heavy atom. The Bertz CT molecular complexity index is 528. The van der Waals surface area contributed by atoms with Crippen LogP contribution in [0.1, 0.15) is 12.0 Å². The summed E-state index contributed by atoms with van der Waals surface area (Å²) in [5.41, 5.74) is 1.06. The van der Waals surface area contributed by atoms with Crippen molar-refractivity contribution in [3.8, 4) is 0 Å². The summed E-state index contributed by atoms with van der Waals surface area (Å²) in [7, 11) is -2.85. The normalized spacial score (nSPS) is 21.2. The molecule has 1 amide bonds. The summed E-state index contributed by atoms with van der Waals surface area (Å²) in [4.78, 5) is 11.7. The molecule has 0 bridgehead atoms. The number of benzene rings is 1. The molecular weight excluding hydrogens is 282 g/mol. The molecule has 1 N–H and O–H groups in total. The van der Waals surface area contributed by atoms with E-state index >= 15 is 0 Å². The molecule has 1 aliphatic heterocycles. The molecule has 0 aliphatic carbocycles. The van der Waals surface area contributed by atoms with Gasteiger partial charge in [0.15, 0.2) is 9.84 Å². The Kier molecular flexibility index (Phi) is 4.87. The van der Waals surface area contributed by atoms with E-state index < -0.39 is 9.84 Å². The van der Waals surface area contributed by atoms with Crippen molar-refractivity contribution in [3.63, 3.8) is 0 Å². The van der Waals surface area contributed by atoms with Crippen molar-refractivity contribution in [2.24, 2.45) is 0 Å². The van der Waals surface area contributed by atoms with Crippen molar-refractivity contribution in [1.82, 2.24) is 5.32 Å². The van der Waals surface area contributed by atoms with Gasteiger partial charge in [0.1, 0.15) is 0 Å². The number of carbonyl (C=O) groups is 1. The predicted molar refractivity (Wildman–Crippen MR) is 77.8 cm³/mol. The topological polar surface area (TPSA) is 63.2 Å². The van der Waals surface area contributed by atoms with Gasteiger partial charge in [-0.15, -0.1) is 11.8 Å². The molecule has 2 rings (SSSR count). The van der Waals surface area contributed by atoms with E-state index in [1.807, 2.05) is 30.3 Å². The highest BCUT2D eigenvalue weighted by Gasteiger charge is 2.28. The van der Waals surface area contributed by atoms with Gasteiger partial charge in [0.2, 0.25) is 5.91 Å². The van der Waals surface area contributed by atoms with Crippen LogP contribution in [0.4, 0.5) is 0 Å². The van der Waals surface area contributed by atoms with E-state index in [4.69, 9.17) is 0 Å². The van der Waals surface area contributed by atoms with E-state index in [1.54, 1.807) is 0 Å². The lowest BCUT2D eigenvalue weighted by atomic mass is 10.2. The van der Waals surface area contributed by atoms with Crippen LogP contribution in [0.3, 0.4) is 0 Å². The summed E-state index contributed by atoms with van der Waals surface area (Å²) >= 11 is 1.44. The molecule has 1 aliphatic rings. The van der Waals surface area contributed by atoms with Crippen molar-refractivity contribution in [2.75, 3.05) is 17.3 Å². The first kappa shape index (κ1) is 14.4. The van der Waals surface area contributed by atoms with Crippen LogP contribution in [0.5, 0.6) is 0 Å². The number of amides is 1. The van der Waals surface area contributed by atoms with Gasteiger partial charge in [-0.2, -0.15) is 0 Å². The first-order chi connectivity index (χ1) is 9.05. The van der Waals surface area contributed by atoms with Crippen LogP contribution >= 0.6 is 11.8 Å². The Morgan fingerprint density at radius 3 is 2.68 bits per heavy atom. The quantitative estimate of drug-likeness (QED) is 0.888. The zero-order valence-corrected chi connectivity index (χ0v) is 12.2. The molecular formula is C13H17NO3S2. The lowest BCUT2D eigenvalue weighted by Gasteiger charge is -2.08. The maximum atomic E-state index is 11.7. The second-order valence-electron chi connectivity index (χ2n) is 4.60. The Balaban J connectivity index is 1.68. The lowest BCUT2D eigenvalue weighted by Crippen LogP contribution is -2.25. The van der Waals surface area contributed by atoms with E-state index in [0.29, 0.717) is 18.7 Å². The summed E-state index contributed by atoms with van der Waals surface area (Å²) in [6, 6.07) is 9.70. The van der Waals surface area contributed by atoms with E-state index in [0.717, 1.165) is 5.56 Å². The van der Waals surface area contributed by atoms with Crippen LogP contribution in [0.25, 0.3) is 0 Å². The largest absolute Gasteiger partial charge is 0.351 e. The van der Waals surface area contributed by atoms with Gasteiger partial charge < -0.3 is 5.32 Å². The van der Waals surface area contributed by atoms with E-state index in [9.17, 15) is 13.2 Å². The minimum Gasteiger partial charge on any atom is -0.351 e. The molecule has 19 heavy (non-hydrogen) atoms. The van der Waals surface area contributed by atoms with Gasteiger partial charge >= 0.3 is 0 Å². The van der Waals surface area contributed by atoms with Crippen LogP contribution in [0, 0.1) is 0 Å². The molecule has 6 heteroatoms. The molecule has 1 atom stereocenters. The van der Waals surface area contributed by atoms with Crippen LogP contribution in [-0.4, -0.2) is 36.8 Å². The minimum atomic E-state index is -2.85. The predicted octanol–water partition coefficient (Wildman–Crippen LogP) is 1.22. The maximum absolute atomic E-state index is 11.7. The number of rotatable bonds is 5. The summed E-state index contributed by atoms with van der Waals surface area (Å²) in [5.74, 6) is 0.755. The second-order valence-corrected chi connectivity index (χ2v) is 8.12. The highest BCUT2D eigenvalue weighted by molar-refractivity contribution is 8.02. The SMILES string of the molecule is O=C(CSC1CCS(=O)(=O)C1)NCc1ccccc1. The third-order valence-electron chi connectivity index (χ3n) is 2.97. The Labute approximate surface area is 117 Å². The fraction of sp³-hybridized carbons (Fsp3) is 0.462. The average Bonchev–Trinajstić information content (AvgIpc) is 2.75. The van der Waals surface area contributed by atoms with Gasteiger partial charge in [-0.05, 0) is 12.0 Å². The molecule has 4 nitrogen and oxygen atoms in total. The van der Waals surface area contributed by atoms with Gasteiger partial charge in [0, 0.05) is 11.8 Å². The van der Waals surface area contributed by atoms with Gasteiger partial charge in [0.05, 0.1) is 17.3 Å². The van der Waals surface area contributed by atoms with Crippen LogP contribution in [0.2, 0.25) is 0 Å². The van der Waals surface area contributed by atoms with Gasteiger partial charge in [-0.3, -0.25) is 4.79 Å². The molecule has 1 aromatic carbocycles. The molecule has 0 radical (unpaired) electrons. The highest BCUT2D eigenvalue weighted by Crippen LogP contribution is 2.23. The zero-order valence-electron chi connectivity index (χ0n) is 10.5. The Hall–Kier alpha value is -1.01. The third kappa shape index (κ3) is 4.87.